The van der Waals surface area contributed by atoms with Gasteiger partial charge in [0.2, 0.25) is 0 Å². The van der Waals surface area contributed by atoms with E-state index in [2.05, 4.69) is 0 Å². The molecule has 0 amide bonds. The Morgan fingerprint density at radius 3 is 2.27 bits per heavy atom. The van der Waals surface area contributed by atoms with Crippen LogP contribution in [0.5, 0.6) is 0 Å². The molecule has 0 fully saturated rings. The van der Waals surface area contributed by atoms with Gasteiger partial charge in [0.05, 0.1) is 12.0 Å². The van der Waals surface area contributed by atoms with Gasteiger partial charge in [-0.2, -0.15) is 0 Å². The second-order valence-electron chi connectivity index (χ2n) is 4.13. The summed E-state index contributed by atoms with van der Waals surface area (Å²) >= 11 is 0. The van der Waals surface area contributed by atoms with E-state index in [4.69, 9.17) is 9.47 Å². The Labute approximate surface area is 90.9 Å². The number of esters is 1. The molecule has 0 aliphatic carbocycles. The van der Waals surface area contributed by atoms with E-state index in [1.165, 1.54) is 6.92 Å². The van der Waals surface area contributed by atoms with E-state index in [9.17, 15) is 9.59 Å². The monoisotopic (exact) mass is 216 g/mol. The van der Waals surface area contributed by atoms with Crippen molar-refractivity contribution in [1.82, 2.24) is 0 Å². The SMILES string of the molecule is CCC(C)(C)C(=O)OCCOCC(C)=O. The number of rotatable bonds is 7. The first-order valence-corrected chi connectivity index (χ1v) is 5.14. The van der Waals surface area contributed by atoms with Gasteiger partial charge in [-0.1, -0.05) is 6.92 Å². The third-order valence-electron chi connectivity index (χ3n) is 2.20. The van der Waals surface area contributed by atoms with Gasteiger partial charge in [-0.25, -0.2) is 0 Å². The first-order valence-electron chi connectivity index (χ1n) is 5.14. The van der Waals surface area contributed by atoms with Crippen molar-refractivity contribution in [2.75, 3.05) is 19.8 Å². The van der Waals surface area contributed by atoms with Gasteiger partial charge in [-0.15, -0.1) is 0 Å². The molecule has 0 radical (unpaired) electrons. The molecule has 0 heterocycles. The lowest BCUT2D eigenvalue weighted by atomic mass is 9.91. The minimum absolute atomic E-state index is 0.0322. The first kappa shape index (κ1) is 14.1. The number of hydrogen-bond acceptors (Lipinski definition) is 4. The van der Waals surface area contributed by atoms with Crippen LogP contribution >= 0.6 is 0 Å². The summed E-state index contributed by atoms with van der Waals surface area (Å²) in [5.41, 5.74) is -0.444. The van der Waals surface area contributed by atoms with Crippen molar-refractivity contribution in [1.29, 1.82) is 0 Å². The van der Waals surface area contributed by atoms with E-state index in [1.54, 1.807) is 0 Å². The molecular formula is C11H20O4. The molecule has 0 aliphatic rings. The second-order valence-corrected chi connectivity index (χ2v) is 4.13. The van der Waals surface area contributed by atoms with Gasteiger partial charge < -0.3 is 9.47 Å². The van der Waals surface area contributed by atoms with Crippen LogP contribution in [0.1, 0.15) is 34.1 Å². The van der Waals surface area contributed by atoms with Crippen molar-refractivity contribution < 1.29 is 19.1 Å². The fraction of sp³-hybridized carbons (Fsp3) is 0.818. The molecule has 88 valence electrons. The Morgan fingerprint density at radius 1 is 1.20 bits per heavy atom. The summed E-state index contributed by atoms with van der Waals surface area (Å²) in [6.45, 7) is 7.62. The van der Waals surface area contributed by atoms with Gasteiger partial charge in [-0.05, 0) is 27.2 Å². The largest absolute Gasteiger partial charge is 0.463 e. The molecule has 15 heavy (non-hydrogen) atoms. The molecule has 0 aromatic heterocycles. The molecule has 0 unspecified atom stereocenters. The van der Waals surface area contributed by atoms with E-state index < -0.39 is 5.41 Å². The van der Waals surface area contributed by atoms with Crippen LogP contribution in [-0.2, 0) is 19.1 Å². The Morgan fingerprint density at radius 2 is 1.80 bits per heavy atom. The minimum Gasteiger partial charge on any atom is -0.463 e. The average molecular weight is 216 g/mol. The maximum atomic E-state index is 11.4. The third-order valence-corrected chi connectivity index (χ3v) is 2.20. The zero-order chi connectivity index (χ0) is 11.9. The van der Waals surface area contributed by atoms with Crippen molar-refractivity contribution in [3.63, 3.8) is 0 Å². The van der Waals surface area contributed by atoms with Gasteiger partial charge >= 0.3 is 5.97 Å². The number of ether oxygens (including phenoxy) is 2. The summed E-state index contributed by atoms with van der Waals surface area (Å²) in [6, 6.07) is 0. The van der Waals surface area contributed by atoms with E-state index >= 15 is 0 Å². The molecule has 0 aromatic rings. The summed E-state index contributed by atoms with van der Waals surface area (Å²) in [7, 11) is 0. The fourth-order valence-electron chi connectivity index (χ4n) is 0.749. The number of hydrogen-bond donors (Lipinski definition) is 0. The van der Waals surface area contributed by atoms with Crippen LogP contribution in [-0.4, -0.2) is 31.6 Å². The van der Waals surface area contributed by atoms with Crippen LogP contribution in [0.3, 0.4) is 0 Å². The van der Waals surface area contributed by atoms with Gasteiger partial charge in [0, 0.05) is 0 Å². The maximum Gasteiger partial charge on any atom is 0.311 e. The highest BCUT2D eigenvalue weighted by molar-refractivity contribution is 5.76. The lowest BCUT2D eigenvalue weighted by molar-refractivity contribution is -0.155. The average Bonchev–Trinajstić information content (AvgIpc) is 2.16. The first-order chi connectivity index (χ1) is 6.90. The van der Waals surface area contributed by atoms with Gasteiger partial charge in [0.15, 0.2) is 5.78 Å². The molecule has 4 nitrogen and oxygen atoms in total. The Kier molecular flexibility index (Phi) is 6.17. The molecule has 0 rings (SSSR count). The van der Waals surface area contributed by atoms with Gasteiger partial charge in [0.25, 0.3) is 0 Å². The quantitative estimate of drug-likeness (QED) is 0.479. The third kappa shape index (κ3) is 6.23. The van der Waals surface area contributed by atoms with E-state index in [-0.39, 0.29) is 31.6 Å². The van der Waals surface area contributed by atoms with E-state index in [1.807, 2.05) is 20.8 Å². The lowest BCUT2D eigenvalue weighted by Gasteiger charge is -2.20. The molecule has 0 saturated heterocycles. The maximum absolute atomic E-state index is 11.4. The van der Waals surface area contributed by atoms with Crippen molar-refractivity contribution in [2.45, 2.75) is 34.1 Å². The summed E-state index contributed by atoms with van der Waals surface area (Å²) in [5.74, 6) is -0.258. The zero-order valence-electron chi connectivity index (χ0n) is 9.96. The van der Waals surface area contributed by atoms with Crippen molar-refractivity contribution in [2.24, 2.45) is 5.41 Å². The number of ketones is 1. The predicted octanol–water partition coefficient (Wildman–Crippen LogP) is 1.57. The Bertz CT molecular complexity index is 221. The van der Waals surface area contributed by atoms with Crippen LogP contribution in [0.2, 0.25) is 0 Å². The molecule has 0 saturated carbocycles. The molecule has 0 spiro atoms. The molecule has 0 aromatic carbocycles. The van der Waals surface area contributed by atoms with Crippen LogP contribution < -0.4 is 0 Å². The van der Waals surface area contributed by atoms with E-state index in [0.717, 1.165) is 6.42 Å². The number of carbonyl (C=O) groups excluding carboxylic acids is 2. The number of Topliss-reactive ketones (excluding diaryl/α,β-unsaturated/α-hetero) is 1. The van der Waals surface area contributed by atoms with Gasteiger partial charge in [-0.3, -0.25) is 9.59 Å². The summed E-state index contributed by atoms with van der Waals surface area (Å²) in [6.07, 6.45) is 0.736. The zero-order valence-corrected chi connectivity index (χ0v) is 9.96. The normalized spacial score (nSPS) is 11.2. The lowest BCUT2D eigenvalue weighted by Crippen LogP contribution is -2.27. The molecule has 0 N–H and O–H groups in total. The Hall–Kier alpha value is -0.900. The topological polar surface area (TPSA) is 52.6 Å². The predicted molar refractivity (Wildman–Crippen MR) is 56.5 cm³/mol. The highest BCUT2D eigenvalue weighted by Crippen LogP contribution is 2.21. The van der Waals surface area contributed by atoms with Crippen LogP contribution in [0.25, 0.3) is 0 Å². The molecule has 0 atom stereocenters. The minimum atomic E-state index is -0.444. The van der Waals surface area contributed by atoms with Crippen LogP contribution in [0, 0.1) is 5.41 Å². The fourth-order valence-corrected chi connectivity index (χ4v) is 0.749. The standard InChI is InChI=1S/C11H20O4/c1-5-11(3,4)10(13)15-7-6-14-8-9(2)12/h5-8H2,1-4H3. The van der Waals surface area contributed by atoms with E-state index in [0.29, 0.717) is 0 Å². The second kappa shape index (κ2) is 6.56. The number of carbonyl (C=O) groups is 2. The molecule has 0 aliphatic heterocycles. The van der Waals surface area contributed by atoms with Crippen molar-refractivity contribution in [3.8, 4) is 0 Å². The van der Waals surface area contributed by atoms with Gasteiger partial charge in [0.1, 0.15) is 13.2 Å². The summed E-state index contributed by atoms with van der Waals surface area (Å²) in [4.78, 5) is 22.0. The van der Waals surface area contributed by atoms with Crippen LogP contribution in [0.4, 0.5) is 0 Å². The summed E-state index contributed by atoms with van der Waals surface area (Å²) < 4.78 is 9.97. The smallest absolute Gasteiger partial charge is 0.311 e. The molecule has 0 bridgehead atoms. The highest BCUT2D eigenvalue weighted by Gasteiger charge is 2.26. The molecular weight excluding hydrogens is 196 g/mol. The van der Waals surface area contributed by atoms with Crippen molar-refractivity contribution in [3.05, 3.63) is 0 Å². The van der Waals surface area contributed by atoms with Crippen LogP contribution in [0.15, 0.2) is 0 Å². The highest BCUT2D eigenvalue weighted by atomic mass is 16.6. The summed E-state index contributed by atoms with van der Waals surface area (Å²) in [5, 5.41) is 0. The molecule has 4 heteroatoms. The Balaban J connectivity index is 3.60. The van der Waals surface area contributed by atoms with Crippen molar-refractivity contribution >= 4 is 11.8 Å².